The van der Waals surface area contributed by atoms with Gasteiger partial charge in [0.2, 0.25) is 5.43 Å². The molecule has 37 heavy (non-hydrogen) atoms. The Balaban J connectivity index is 1.40. The summed E-state index contributed by atoms with van der Waals surface area (Å²) in [6.07, 6.45) is 7.12. The summed E-state index contributed by atoms with van der Waals surface area (Å²) in [4.78, 5) is 16.2. The number of likely N-dealkylation sites (tertiary alicyclic amines) is 1. The Labute approximate surface area is 216 Å². The van der Waals surface area contributed by atoms with Gasteiger partial charge in [0.05, 0.1) is 10.9 Å². The molecule has 2 aromatic carbocycles. The van der Waals surface area contributed by atoms with Crippen molar-refractivity contribution in [1.82, 2.24) is 19.7 Å². The number of halogens is 1. The Hall–Kier alpha value is -3.32. The standard InChI is InChI=1S/C30H33FN4O2/c1-19-6-5-11-35(15-19)16-21-12-20(2)28-25(13-21)27(36)26(17-37-28)22-7-4-8-24(14-22)30(31,23-9-10-23)29-33-32-18-34(29)3/h4,7-8,12-14,17-19,23H,5-6,9-11,15-16H2,1-3H3/t19-,30+/m0/s1. The maximum absolute atomic E-state index is 16.7. The van der Waals surface area contributed by atoms with Crippen molar-refractivity contribution in [3.63, 3.8) is 0 Å². The van der Waals surface area contributed by atoms with Crippen LogP contribution in [0.1, 0.15) is 55.1 Å². The average molecular weight is 501 g/mol. The van der Waals surface area contributed by atoms with E-state index >= 15 is 4.39 Å². The number of aromatic nitrogens is 3. The van der Waals surface area contributed by atoms with E-state index < -0.39 is 5.67 Å². The molecule has 3 heterocycles. The summed E-state index contributed by atoms with van der Waals surface area (Å²) in [5.41, 5.74) is 2.41. The number of fused-ring (bicyclic) bond motifs is 1. The first-order valence-corrected chi connectivity index (χ1v) is 13.3. The fourth-order valence-electron chi connectivity index (χ4n) is 6.02. The molecule has 6 nitrogen and oxygen atoms in total. The van der Waals surface area contributed by atoms with E-state index in [0.29, 0.717) is 39.4 Å². The van der Waals surface area contributed by atoms with E-state index in [9.17, 15) is 4.79 Å². The summed E-state index contributed by atoms with van der Waals surface area (Å²) < 4.78 is 24.4. The topological polar surface area (TPSA) is 64.2 Å². The Morgan fingerprint density at radius 1 is 1.19 bits per heavy atom. The van der Waals surface area contributed by atoms with Gasteiger partial charge >= 0.3 is 0 Å². The van der Waals surface area contributed by atoms with Gasteiger partial charge in [-0.1, -0.05) is 31.2 Å². The van der Waals surface area contributed by atoms with Crippen LogP contribution in [0.25, 0.3) is 22.1 Å². The lowest BCUT2D eigenvalue weighted by atomic mass is 9.87. The molecule has 7 heteroatoms. The van der Waals surface area contributed by atoms with Gasteiger partial charge in [0, 0.05) is 26.1 Å². The molecular weight excluding hydrogens is 467 g/mol. The summed E-state index contributed by atoms with van der Waals surface area (Å²) in [6, 6.07) is 11.3. The Morgan fingerprint density at radius 2 is 2.03 bits per heavy atom. The van der Waals surface area contributed by atoms with Crippen LogP contribution in [0.15, 0.2) is 58.2 Å². The normalized spacial score (nSPS) is 20.3. The summed E-state index contributed by atoms with van der Waals surface area (Å²) in [7, 11) is 1.76. The smallest absolute Gasteiger partial charge is 0.200 e. The highest BCUT2D eigenvalue weighted by Crippen LogP contribution is 2.52. The molecule has 0 spiro atoms. The van der Waals surface area contributed by atoms with Gasteiger partial charge < -0.3 is 8.98 Å². The second-order valence-electron chi connectivity index (χ2n) is 11.1. The molecule has 1 saturated heterocycles. The first kappa shape index (κ1) is 24.0. The zero-order valence-corrected chi connectivity index (χ0v) is 21.7. The molecule has 2 fully saturated rings. The first-order chi connectivity index (χ1) is 17.8. The van der Waals surface area contributed by atoms with Gasteiger partial charge in [-0.25, -0.2) is 4.39 Å². The zero-order chi connectivity index (χ0) is 25.7. The molecule has 0 unspecified atom stereocenters. The van der Waals surface area contributed by atoms with Crippen LogP contribution in [0.4, 0.5) is 4.39 Å². The maximum atomic E-state index is 16.7. The molecule has 2 atom stereocenters. The fourth-order valence-corrected chi connectivity index (χ4v) is 6.02. The van der Waals surface area contributed by atoms with Gasteiger partial charge in [-0.05, 0) is 79.5 Å². The second-order valence-corrected chi connectivity index (χ2v) is 11.1. The molecule has 4 aromatic rings. The predicted octanol–water partition coefficient (Wildman–Crippen LogP) is 5.75. The average Bonchev–Trinajstić information content (AvgIpc) is 3.65. The SMILES string of the molecule is Cc1cc(CN2CCC[C@H](C)C2)cc2c(=O)c(-c3cccc([C@@](F)(c4nncn4C)C4CC4)c3)coc12. The van der Waals surface area contributed by atoms with E-state index in [0.717, 1.165) is 43.6 Å². The van der Waals surface area contributed by atoms with Crippen LogP contribution in [-0.2, 0) is 19.3 Å². The number of hydrogen-bond acceptors (Lipinski definition) is 5. The van der Waals surface area contributed by atoms with Crippen molar-refractivity contribution in [1.29, 1.82) is 0 Å². The molecule has 0 radical (unpaired) electrons. The number of rotatable bonds is 6. The van der Waals surface area contributed by atoms with E-state index in [2.05, 4.69) is 28.1 Å². The van der Waals surface area contributed by atoms with Gasteiger partial charge in [0.15, 0.2) is 11.5 Å². The summed E-state index contributed by atoms with van der Waals surface area (Å²) in [5.74, 6) is 0.838. The maximum Gasteiger partial charge on any atom is 0.200 e. The molecule has 6 rings (SSSR count). The lowest BCUT2D eigenvalue weighted by Gasteiger charge is -2.30. The van der Waals surface area contributed by atoms with Crippen molar-refractivity contribution in [3.8, 4) is 11.1 Å². The minimum atomic E-state index is -1.76. The molecule has 0 N–H and O–H groups in total. The van der Waals surface area contributed by atoms with Gasteiger partial charge in [-0.2, -0.15) is 0 Å². The number of hydrogen-bond donors (Lipinski definition) is 0. The molecule has 192 valence electrons. The molecule has 2 aliphatic rings. The third-order valence-corrected chi connectivity index (χ3v) is 8.04. The predicted molar refractivity (Wildman–Crippen MR) is 142 cm³/mol. The third-order valence-electron chi connectivity index (χ3n) is 8.04. The van der Waals surface area contributed by atoms with Gasteiger partial charge in [-0.3, -0.25) is 9.69 Å². The van der Waals surface area contributed by atoms with Crippen LogP contribution in [0, 0.1) is 18.8 Å². The molecule has 0 amide bonds. The Bertz CT molecular complexity index is 1520. The third kappa shape index (κ3) is 4.29. The highest BCUT2D eigenvalue weighted by Gasteiger charge is 2.51. The van der Waals surface area contributed by atoms with Gasteiger partial charge in [-0.15, -0.1) is 10.2 Å². The van der Waals surface area contributed by atoms with Crippen molar-refractivity contribution in [2.24, 2.45) is 18.9 Å². The number of nitrogens with zero attached hydrogens (tertiary/aromatic N) is 4. The Morgan fingerprint density at radius 3 is 2.76 bits per heavy atom. The fraction of sp³-hybridized carbons (Fsp3) is 0.433. The molecule has 1 saturated carbocycles. The second kappa shape index (κ2) is 9.21. The van der Waals surface area contributed by atoms with Crippen molar-refractivity contribution in [2.45, 2.75) is 51.7 Å². The van der Waals surface area contributed by atoms with E-state index in [4.69, 9.17) is 4.42 Å². The van der Waals surface area contributed by atoms with Crippen molar-refractivity contribution in [2.75, 3.05) is 13.1 Å². The Kier molecular flexibility index (Phi) is 5.98. The van der Waals surface area contributed by atoms with Crippen LogP contribution in [0.2, 0.25) is 0 Å². The van der Waals surface area contributed by atoms with E-state index in [1.54, 1.807) is 29.8 Å². The van der Waals surface area contributed by atoms with Crippen molar-refractivity contribution < 1.29 is 8.81 Å². The lowest BCUT2D eigenvalue weighted by molar-refractivity contribution is 0.168. The molecule has 0 bridgehead atoms. The van der Waals surface area contributed by atoms with Crippen LogP contribution >= 0.6 is 0 Å². The van der Waals surface area contributed by atoms with Crippen LogP contribution in [0.3, 0.4) is 0 Å². The molecular formula is C30H33FN4O2. The van der Waals surface area contributed by atoms with Crippen molar-refractivity contribution >= 4 is 11.0 Å². The molecule has 1 aliphatic carbocycles. The lowest BCUT2D eigenvalue weighted by Crippen LogP contribution is -2.33. The van der Waals surface area contributed by atoms with Crippen LogP contribution in [-0.4, -0.2) is 32.8 Å². The summed E-state index contributed by atoms with van der Waals surface area (Å²) in [5, 5.41) is 8.61. The van der Waals surface area contributed by atoms with Gasteiger partial charge in [0.1, 0.15) is 18.2 Å². The van der Waals surface area contributed by atoms with Crippen LogP contribution in [0.5, 0.6) is 0 Å². The van der Waals surface area contributed by atoms with Crippen molar-refractivity contribution in [3.05, 3.63) is 81.7 Å². The number of aryl methyl sites for hydroxylation is 2. The largest absolute Gasteiger partial charge is 0.463 e. The highest BCUT2D eigenvalue weighted by atomic mass is 19.1. The van der Waals surface area contributed by atoms with E-state index in [1.165, 1.54) is 25.4 Å². The number of piperidine rings is 1. The number of benzene rings is 2. The van der Waals surface area contributed by atoms with E-state index in [-0.39, 0.29) is 11.3 Å². The summed E-state index contributed by atoms with van der Waals surface area (Å²) in [6.45, 7) is 7.27. The molecule has 1 aliphatic heterocycles. The monoisotopic (exact) mass is 500 g/mol. The first-order valence-electron chi connectivity index (χ1n) is 13.3. The number of alkyl halides is 1. The highest BCUT2D eigenvalue weighted by molar-refractivity contribution is 5.84. The summed E-state index contributed by atoms with van der Waals surface area (Å²) >= 11 is 0. The van der Waals surface area contributed by atoms with Crippen LogP contribution < -0.4 is 5.43 Å². The minimum absolute atomic E-state index is 0.0927. The van der Waals surface area contributed by atoms with Gasteiger partial charge in [0.25, 0.3) is 0 Å². The minimum Gasteiger partial charge on any atom is -0.463 e. The molecule has 2 aromatic heterocycles. The van der Waals surface area contributed by atoms with E-state index in [1.807, 2.05) is 19.1 Å². The quantitative estimate of drug-likeness (QED) is 0.337. The zero-order valence-electron chi connectivity index (χ0n) is 21.7.